The first-order valence-corrected chi connectivity index (χ1v) is 10.7. The Morgan fingerprint density at radius 1 is 1.31 bits per heavy atom. The first-order valence-electron chi connectivity index (χ1n) is 10.7. The molecular weight excluding hydrogens is 364 g/mol. The van der Waals surface area contributed by atoms with Crippen molar-refractivity contribution in [3.63, 3.8) is 0 Å². The molecule has 2 unspecified atom stereocenters. The lowest BCUT2D eigenvalue weighted by Gasteiger charge is -2.42. The number of nitrogens with zero attached hydrogens (tertiary/aromatic N) is 1. The van der Waals surface area contributed by atoms with Gasteiger partial charge in [-0.1, -0.05) is 51.0 Å². The molecule has 1 heterocycles. The lowest BCUT2D eigenvalue weighted by molar-refractivity contribution is 0.163. The number of halogens is 2. The zero-order valence-corrected chi connectivity index (χ0v) is 18.8. The average Bonchev–Trinajstić information content (AvgIpc) is 2.69. The molecule has 156 valence electrons. The molecule has 29 heavy (non-hydrogen) atoms. The molecule has 0 bridgehead atoms. The van der Waals surface area contributed by atoms with Gasteiger partial charge in [0.05, 0.1) is 5.69 Å². The van der Waals surface area contributed by atoms with Crippen LogP contribution in [0.25, 0.3) is 16.7 Å². The zero-order valence-electron chi connectivity index (χ0n) is 18.8. The molecule has 0 amide bonds. The number of aromatic nitrogens is 1. The fourth-order valence-corrected chi connectivity index (χ4v) is 4.86. The van der Waals surface area contributed by atoms with E-state index in [-0.39, 0.29) is 5.83 Å². The first kappa shape index (κ1) is 21.7. The minimum atomic E-state index is -1.53. The number of rotatable bonds is 4. The second-order valence-corrected chi connectivity index (χ2v) is 9.05. The van der Waals surface area contributed by atoms with E-state index in [9.17, 15) is 0 Å². The van der Waals surface area contributed by atoms with E-state index in [0.29, 0.717) is 18.4 Å². The van der Waals surface area contributed by atoms with Crippen LogP contribution in [-0.2, 0) is 0 Å². The highest BCUT2D eigenvalue weighted by atomic mass is 19.1. The van der Waals surface area contributed by atoms with E-state index in [1.807, 2.05) is 39.8 Å². The molecule has 1 aromatic rings. The maximum Gasteiger partial charge on any atom is 0.136 e. The first-order chi connectivity index (χ1) is 13.6. The van der Waals surface area contributed by atoms with Gasteiger partial charge < -0.3 is 0 Å². The van der Waals surface area contributed by atoms with E-state index >= 15 is 8.78 Å². The third kappa shape index (κ3) is 3.33. The third-order valence-electron chi connectivity index (χ3n) is 6.82. The monoisotopic (exact) mass is 397 g/mol. The van der Waals surface area contributed by atoms with Gasteiger partial charge in [-0.05, 0) is 63.0 Å². The summed E-state index contributed by atoms with van der Waals surface area (Å²) in [4.78, 5) is 4.70. The lowest BCUT2D eigenvalue weighted by Crippen LogP contribution is -2.44. The summed E-state index contributed by atoms with van der Waals surface area (Å²) < 4.78 is 31.6. The van der Waals surface area contributed by atoms with E-state index in [2.05, 4.69) is 20.8 Å². The lowest BCUT2D eigenvalue weighted by atomic mass is 9.63. The molecule has 0 aromatic carbocycles. The Labute approximate surface area is 173 Å². The molecule has 0 saturated heterocycles. The molecule has 3 heteroatoms. The van der Waals surface area contributed by atoms with E-state index in [0.717, 1.165) is 33.7 Å². The normalized spacial score (nSPS) is 22.9. The zero-order chi connectivity index (χ0) is 21.6. The van der Waals surface area contributed by atoms with Gasteiger partial charge in [-0.2, -0.15) is 0 Å². The summed E-state index contributed by atoms with van der Waals surface area (Å²) in [5.74, 6) is -0.676. The number of allylic oxidation sites excluding steroid dienone is 6. The second kappa shape index (κ2) is 7.66. The largest absolute Gasteiger partial charge is 0.256 e. The van der Waals surface area contributed by atoms with Crippen molar-refractivity contribution in [3.05, 3.63) is 58.0 Å². The molecule has 0 fully saturated rings. The summed E-state index contributed by atoms with van der Waals surface area (Å²) in [6.07, 6.45) is 8.40. The van der Waals surface area contributed by atoms with Crippen LogP contribution in [-0.4, -0.2) is 10.7 Å². The van der Waals surface area contributed by atoms with Crippen LogP contribution in [0.3, 0.4) is 0 Å². The van der Waals surface area contributed by atoms with E-state index in [4.69, 9.17) is 4.98 Å². The molecule has 0 aliphatic heterocycles. The minimum absolute atomic E-state index is 0.228. The van der Waals surface area contributed by atoms with Crippen LogP contribution in [0.4, 0.5) is 8.78 Å². The van der Waals surface area contributed by atoms with Crippen LogP contribution < -0.4 is 10.4 Å². The van der Waals surface area contributed by atoms with Crippen LogP contribution in [0, 0.1) is 11.3 Å². The highest BCUT2D eigenvalue weighted by Crippen LogP contribution is 2.53. The van der Waals surface area contributed by atoms with E-state index < -0.39 is 17.0 Å². The fraction of sp³-hybridized carbons (Fsp3) is 0.500. The van der Waals surface area contributed by atoms with Crippen molar-refractivity contribution in [2.24, 2.45) is 11.3 Å². The van der Waals surface area contributed by atoms with E-state index in [1.54, 1.807) is 18.3 Å². The molecule has 0 spiro atoms. The Morgan fingerprint density at radius 3 is 2.59 bits per heavy atom. The topological polar surface area (TPSA) is 12.9 Å². The van der Waals surface area contributed by atoms with Crippen molar-refractivity contribution in [1.82, 2.24) is 4.98 Å². The van der Waals surface area contributed by atoms with Gasteiger partial charge in [0.25, 0.3) is 0 Å². The molecule has 0 radical (unpaired) electrons. The van der Waals surface area contributed by atoms with Crippen LogP contribution >= 0.6 is 0 Å². The maximum atomic E-state index is 16.3. The van der Waals surface area contributed by atoms with Crippen LogP contribution in [0.5, 0.6) is 0 Å². The average molecular weight is 398 g/mol. The summed E-state index contributed by atoms with van der Waals surface area (Å²) in [5, 5.41) is 2.17. The summed E-state index contributed by atoms with van der Waals surface area (Å²) in [5.41, 5.74) is 2.32. The van der Waals surface area contributed by atoms with E-state index in [1.165, 1.54) is 5.57 Å². The van der Waals surface area contributed by atoms with Crippen LogP contribution in [0.1, 0.15) is 73.4 Å². The summed E-state index contributed by atoms with van der Waals surface area (Å²) >= 11 is 0. The molecule has 2 aliphatic rings. The molecule has 0 N–H and O–H groups in total. The smallest absolute Gasteiger partial charge is 0.136 e. The van der Waals surface area contributed by atoms with Gasteiger partial charge in [0.2, 0.25) is 0 Å². The quantitative estimate of drug-likeness (QED) is 0.552. The van der Waals surface area contributed by atoms with Crippen LogP contribution in [0.15, 0.2) is 41.9 Å². The SMILES string of the molecule is CCC=CC(F)(CC)C1CC=C(F)C2=C1c1nccc(=C(C)C)c1=C(C)C2(C)C. The summed E-state index contributed by atoms with van der Waals surface area (Å²) in [7, 11) is 0. The van der Waals surface area contributed by atoms with Crippen molar-refractivity contribution < 1.29 is 8.78 Å². The van der Waals surface area contributed by atoms with Crippen molar-refractivity contribution in [1.29, 1.82) is 0 Å². The highest BCUT2D eigenvalue weighted by Gasteiger charge is 2.47. The van der Waals surface area contributed by atoms with Crippen molar-refractivity contribution in [2.45, 2.75) is 73.4 Å². The number of alkyl halides is 1. The second-order valence-electron chi connectivity index (χ2n) is 9.05. The van der Waals surface area contributed by atoms with Crippen molar-refractivity contribution in [2.75, 3.05) is 0 Å². The predicted molar refractivity (Wildman–Crippen MR) is 119 cm³/mol. The molecule has 0 saturated carbocycles. The Kier molecular flexibility index (Phi) is 5.73. The van der Waals surface area contributed by atoms with Gasteiger partial charge in [-0.25, -0.2) is 8.78 Å². The number of hydrogen-bond acceptors (Lipinski definition) is 1. The van der Waals surface area contributed by atoms with Gasteiger partial charge in [-0.3, -0.25) is 4.98 Å². The molecule has 2 aliphatic carbocycles. The van der Waals surface area contributed by atoms with Gasteiger partial charge in [0, 0.05) is 28.3 Å². The Bertz CT molecular complexity index is 1030. The molecule has 2 atom stereocenters. The Balaban J connectivity index is 2.45. The molecule has 1 aromatic heterocycles. The fourth-order valence-electron chi connectivity index (χ4n) is 4.86. The minimum Gasteiger partial charge on any atom is -0.256 e. The standard InChI is InChI=1S/C26H33F2N/c1-8-10-14-26(28,9-2)19-11-12-20(27)23-22(19)24-21(17(5)25(23,6)7)18(16(3)4)13-15-29-24/h10,12-15,19H,8-9,11H2,1-7H3. The molecule has 1 nitrogen and oxygen atoms in total. The Hall–Kier alpha value is -2.03. The molecular formula is C26H33F2N. The summed E-state index contributed by atoms with van der Waals surface area (Å²) in [6.45, 7) is 14.2. The van der Waals surface area contributed by atoms with Crippen molar-refractivity contribution >= 4 is 16.7 Å². The third-order valence-corrected chi connectivity index (χ3v) is 6.82. The van der Waals surface area contributed by atoms with Gasteiger partial charge in [0.15, 0.2) is 0 Å². The van der Waals surface area contributed by atoms with Gasteiger partial charge in [0.1, 0.15) is 11.5 Å². The number of pyridine rings is 1. The van der Waals surface area contributed by atoms with Gasteiger partial charge in [-0.15, -0.1) is 0 Å². The number of hydrogen-bond donors (Lipinski definition) is 0. The van der Waals surface area contributed by atoms with Crippen molar-refractivity contribution in [3.8, 4) is 0 Å². The predicted octanol–water partition coefficient (Wildman–Crippen LogP) is 6.19. The number of fused-ring (bicyclic) bond motifs is 2. The maximum absolute atomic E-state index is 16.3. The van der Waals surface area contributed by atoms with Gasteiger partial charge >= 0.3 is 0 Å². The molecule has 3 rings (SSSR count). The highest BCUT2D eigenvalue weighted by molar-refractivity contribution is 5.84. The summed E-state index contributed by atoms with van der Waals surface area (Å²) in [6, 6.07) is 2.02. The van der Waals surface area contributed by atoms with Crippen LogP contribution in [0.2, 0.25) is 0 Å². The Morgan fingerprint density at radius 2 is 2.00 bits per heavy atom.